The molecule has 0 aliphatic carbocycles. The molecule has 0 spiro atoms. The Hall–Kier alpha value is -2.86. The molecule has 0 bridgehead atoms. The van der Waals surface area contributed by atoms with E-state index < -0.39 is 0 Å². The molecule has 3 aromatic rings. The second-order valence-electron chi connectivity index (χ2n) is 6.44. The van der Waals surface area contributed by atoms with Crippen LogP contribution in [0.15, 0.2) is 52.9 Å². The van der Waals surface area contributed by atoms with Crippen LogP contribution >= 0.6 is 11.6 Å². The average Bonchev–Trinajstić information content (AvgIpc) is 3.05. The van der Waals surface area contributed by atoms with Gasteiger partial charge in [-0.1, -0.05) is 23.7 Å². The SMILES string of the molecule is CC(=O)N1CCCN(Cc2nnc(-c3ccc(Cl)cc3)o2)c2ccccc21. The molecule has 1 amide bonds. The molecule has 2 heterocycles. The Bertz CT molecular complexity index is 955. The Morgan fingerprint density at radius 1 is 1.07 bits per heavy atom. The standard InChI is InChI=1S/C20H19ClN4O2/c1-14(26)25-12-4-11-24(17-5-2-3-6-18(17)25)13-19-22-23-20(27-19)15-7-9-16(21)10-8-15/h2-3,5-10H,4,11-13H2,1H3. The van der Waals surface area contributed by atoms with Gasteiger partial charge in [0.2, 0.25) is 17.7 Å². The molecule has 0 N–H and O–H groups in total. The van der Waals surface area contributed by atoms with E-state index in [-0.39, 0.29) is 5.91 Å². The normalized spacial score (nSPS) is 14.0. The highest BCUT2D eigenvalue weighted by atomic mass is 35.5. The predicted octanol–water partition coefficient (Wildman–Crippen LogP) is 4.15. The summed E-state index contributed by atoms with van der Waals surface area (Å²) in [7, 11) is 0. The van der Waals surface area contributed by atoms with Crippen molar-refractivity contribution in [3.05, 3.63) is 59.4 Å². The van der Waals surface area contributed by atoms with Crippen LogP contribution in [0, 0.1) is 0 Å². The van der Waals surface area contributed by atoms with Crippen molar-refractivity contribution >= 4 is 28.9 Å². The van der Waals surface area contributed by atoms with Gasteiger partial charge in [-0.25, -0.2) is 0 Å². The van der Waals surface area contributed by atoms with Crippen molar-refractivity contribution in [3.8, 4) is 11.5 Å². The maximum absolute atomic E-state index is 12.0. The monoisotopic (exact) mass is 382 g/mol. The largest absolute Gasteiger partial charge is 0.419 e. The Labute approximate surface area is 162 Å². The fourth-order valence-corrected chi connectivity index (χ4v) is 3.43. The van der Waals surface area contributed by atoms with Crippen LogP contribution in [0.5, 0.6) is 0 Å². The Balaban J connectivity index is 1.60. The Morgan fingerprint density at radius 2 is 1.81 bits per heavy atom. The summed E-state index contributed by atoms with van der Waals surface area (Å²) in [6.07, 6.45) is 0.867. The van der Waals surface area contributed by atoms with Crippen molar-refractivity contribution in [3.63, 3.8) is 0 Å². The van der Waals surface area contributed by atoms with Crippen LogP contribution in [0.3, 0.4) is 0 Å². The number of fused-ring (bicyclic) bond motifs is 1. The number of anilines is 2. The minimum atomic E-state index is 0.0483. The van der Waals surface area contributed by atoms with Crippen molar-refractivity contribution in [2.45, 2.75) is 19.9 Å². The summed E-state index contributed by atoms with van der Waals surface area (Å²) in [5.74, 6) is 1.05. The van der Waals surface area contributed by atoms with Crippen molar-refractivity contribution in [2.75, 3.05) is 22.9 Å². The second kappa shape index (κ2) is 7.40. The molecule has 0 saturated heterocycles. The van der Waals surface area contributed by atoms with Crippen LogP contribution in [0.1, 0.15) is 19.2 Å². The minimum Gasteiger partial charge on any atom is -0.419 e. The highest BCUT2D eigenvalue weighted by Crippen LogP contribution is 2.33. The van der Waals surface area contributed by atoms with Crippen molar-refractivity contribution in [2.24, 2.45) is 0 Å². The van der Waals surface area contributed by atoms with Gasteiger partial charge in [0, 0.05) is 30.6 Å². The molecule has 2 aromatic carbocycles. The fourth-order valence-electron chi connectivity index (χ4n) is 3.30. The summed E-state index contributed by atoms with van der Waals surface area (Å²) in [4.78, 5) is 16.0. The van der Waals surface area contributed by atoms with Crippen LogP contribution in [0.2, 0.25) is 5.02 Å². The lowest BCUT2D eigenvalue weighted by Crippen LogP contribution is -2.28. The number of rotatable bonds is 3. The van der Waals surface area contributed by atoms with Gasteiger partial charge < -0.3 is 14.2 Å². The number of aromatic nitrogens is 2. The molecular weight excluding hydrogens is 364 g/mol. The number of benzene rings is 2. The molecule has 1 aliphatic heterocycles. The van der Waals surface area contributed by atoms with Gasteiger partial charge in [0.25, 0.3) is 0 Å². The van der Waals surface area contributed by atoms with Gasteiger partial charge in [0.05, 0.1) is 17.9 Å². The molecule has 0 unspecified atom stereocenters. The van der Waals surface area contributed by atoms with Crippen molar-refractivity contribution in [1.82, 2.24) is 10.2 Å². The van der Waals surface area contributed by atoms with Gasteiger partial charge >= 0.3 is 0 Å². The van der Waals surface area contributed by atoms with Crippen molar-refractivity contribution in [1.29, 1.82) is 0 Å². The molecule has 6 nitrogen and oxygen atoms in total. The van der Waals surface area contributed by atoms with Gasteiger partial charge in [-0.2, -0.15) is 0 Å². The maximum atomic E-state index is 12.0. The van der Waals surface area contributed by atoms with E-state index in [2.05, 4.69) is 15.1 Å². The zero-order chi connectivity index (χ0) is 18.8. The van der Waals surface area contributed by atoms with Crippen molar-refractivity contribution < 1.29 is 9.21 Å². The fraction of sp³-hybridized carbons (Fsp3) is 0.250. The lowest BCUT2D eigenvalue weighted by atomic mass is 10.2. The number of hydrogen-bond donors (Lipinski definition) is 0. The van der Waals surface area contributed by atoms with E-state index in [9.17, 15) is 4.79 Å². The summed E-state index contributed by atoms with van der Waals surface area (Å²) >= 11 is 5.93. The number of hydrogen-bond acceptors (Lipinski definition) is 5. The molecule has 4 rings (SSSR count). The molecule has 1 aromatic heterocycles. The molecule has 0 fully saturated rings. The van der Waals surface area contributed by atoms with Crippen LogP contribution in [0.25, 0.3) is 11.5 Å². The number of carbonyl (C=O) groups is 1. The van der Waals surface area contributed by atoms with Crippen LogP contribution in [-0.2, 0) is 11.3 Å². The zero-order valence-electron chi connectivity index (χ0n) is 14.9. The van der Waals surface area contributed by atoms with Gasteiger partial charge in [-0.3, -0.25) is 4.79 Å². The summed E-state index contributed by atoms with van der Waals surface area (Å²) in [5, 5.41) is 9.01. The Morgan fingerprint density at radius 3 is 2.56 bits per heavy atom. The van der Waals surface area contributed by atoms with Crippen LogP contribution < -0.4 is 9.80 Å². The van der Waals surface area contributed by atoms with E-state index in [4.69, 9.17) is 16.0 Å². The lowest BCUT2D eigenvalue weighted by molar-refractivity contribution is -0.116. The summed E-state index contributed by atoms with van der Waals surface area (Å²) < 4.78 is 5.85. The molecule has 0 atom stereocenters. The highest BCUT2D eigenvalue weighted by molar-refractivity contribution is 6.30. The van der Waals surface area contributed by atoms with E-state index in [1.165, 1.54) is 0 Å². The van der Waals surface area contributed by atoms with Gasteiger partial charge in [-0.05, 0) is 42.8 Å². The number of halogens is 1. The molecular formula is C20H19ClN4O2. The third-order valence-electron chi connectivity index (χ3n) is 4.59. The number of carbonyl (C=O) groups excluding carboxylic acids is 1. The van der Waals surface area contributed by atoms with Crippen LogP contribution in [0.4, 0.5) is 11.4 Å². The van der Waals surface area contributed by atoms with E-state index in [0.29, 0.717) is 29.9 Å². The summed E-state index contributed by atoms with van der Waals surface area (Å²) in [5.41, 5.74) is 2.74. The van der Waals surface area contributed by atoms with E-state index in [1.54, 1.807) is 19.1 Å². The number of para-hydroxylation sites is 2. The molecule has 138 valence electrons. The lowest BCUT2D eigenvalue weighted by Gasteiger charge is -2.25. The first-order valence-electron chi connectivity index (χ1n) is 8.82. The molecule has 0 saturated carbocycles. The first-order valence-corrected chi connectivity index (χ1v) is 9.20. The number of amides is 1. The molecule has 27 heavy (non-hydrogen) atoms. The van der Waals surface area contributed by atoms with E-state index >= 15 is 0 Å². The topological polar surface area (TPSA) is 62.5 Å². The minimum absolute atomic E-state index is 0.0483. The quantitative estimate of drug-likeness (QED) is 0.680. The molecule has 0 radical (unpaired) electrons. The molecule has 1 aliphatic rings. The van der Waals surface area contributed by atoms with Crippen LogP contribution in [-0.4, -0.2) is 29.2 Å². The highest BCUT2D eigenvalue weighted by Gasteiger charge is 2.23. The second-order valence-corrected chi connectivity index (χ2v) is 6.88. The first-order chi connectivity index (χ1) is 13.1. The summed E-state index contributed by atoms with van der Waals surface area (Å²) in [6.45, 7) is 3.59. The van der Waals surface area contributed by atoms with Gasteiger partial charge in [0.1, 0.15) is 0 Å². The molecule has 7 heteroatoms. The van der Waals surface area contributed by atoms with E-state index in [1.807, 2.05) is 41.3 Å². The smallest absolute Gasteiger partial charge is 0.247 e. The van der Waals surface area contributed by atoms with Gasteiger partial charge in [-0.15, -0.1) is 10.2 Å². The zero-order valence-corrected chi connectivity index (χ0v) is 15.7. The predicted molar refractivity (Wildman–Crippen MR) is 105 cm³/mol. The summed E-state index contributed by atoms with van der Waals surface area (Å²) in [6, 6.07) is 15.2. The maximum Gasteiger partial charge on any atom is 0.247 e. The Kier molecular flexibility index (Phi) is 4.81. The number of nitrogens with zero attached hydrogens (tertiary/aromatic N) is 4. The first kappa shape index (κ1) is 17.5. The average molecular weight is 383 g/mol. The van der Waals surface area contributed by atoms with Gasteiger partial charge in [0.15, 0.2) is 0 Å². The third kappa shape index (κ3) is 3.66. The third-order valence-corrected chi connectivity index (χ3v) is 4.84. The van der Waals surface area contributed by atoms with E-state index in [0.717, 1.165) is 29.9 Å².